The Hall–Kier alpha value is -0.570. The van der Waals surface area contributed by atoms with Crippen molar-refractivity contribution in [2.75, 3.05) is 13.1 Å². The number of hydrogen-bond acceptors (Lipinski definition) is 2. The Morgan fingerprint density at radius 3 is 2.08 bits per heavy atom. The number of aliphatic hydroxyl groups is 1. The first-order chi connectivity index (χ1) is 6.11. The lowest BCUT2D eigenvalue weighted by atomic mass is 10.1. The van der Waals surface area contributed by atoms with Crippen LogP contribution in [0.3, 0.4) is 0 Å². The van der Waals surface area contributed by atoms with Crippen LogP contribution in [0.2, 0.25) is 0 Å². The number of hydrogen-bond donors (Lipinski definition) is 1. The van der Waals surface area contributed by atoms with Crippen molar-refractivity contribution in [2.24, 2.45) is 0 Å². The smallest absolute Gasteiger partial charge is 0.219 e. The van der Waals surface area contributed by atoms with Gasteiger partial charge in [-0.05, 0) is 12.8 Å². The first kappa shape index (κ1) is 12.4. The number of aliphatic hydroxyl groups excluding tert-OH is 1. The van der Waals surface area contributed by atoms with Crippen molar-refractivity contribution in [1.82, 2.24) is 4.90 Å². The van der Waals surface area contributed by atoms with E-state index in [1.54, 1.807) is 11.8 Å². The van der Waals surface area contributed by atoms with E-state index in [1.807, 2.05) is 0 Å². The SMILES string of the molecule is CC(=O)N1CCC(O)CC1.CCC. The highest BCUT2D eigenvalue weighted by atomic mass is 16.3. The Kier molecular flexibility index (Phi) is 6.59. The van der Waals surface area contributed by atoms with Crippen molar-refractivity contribution in [2.45, 2.75) is 46.1 Å². The van der Waals surface area contributed by atoms with Gasteiger partial charge in [-0.2, -0.15) is 0 Å². The van der Waals surface area contributed by atoms with Gasteiger partial charge in [-0.25, -0.2) is 0 Å². The van der Waals surface area contributed by atoms with Crippen LogP contribution in [-0.4, -0.2) is 35.1 Å². The Morgan fingerprint density at radius 1 is 1.38 bits per heavy atom. The summed E-state index contributed by atoms with van der Waals surface area (Å²) in [6.45, 7) is 7.25. The van der Waals surface area contributed by atoms with Crippen LogP contribution in [0.25, 0.3) is 0 Å². The lowest BCUT2D eigenvalue weighted by Gasteiger charge is -2.28. The van der Waals surface area contributed by atoms with Crippen LogP contribution in [0, 0.1) is 0 Å². The molecular weight excluding hydrogens is 166 g/mol. The van der Waals surface area contributed by atoms with E-state index in [0.29, 0.717) is 0 Å². The van der Waals surface area contributed by atoms with Crippen molar-refractivity contribution in [3.63, 3.8) is 0 Å². The molecule has 0 bridgehead atoms. The number of carbonyl (C=O) groups is 1. The second-order valence-electron chi connectivity index (χ2n) is 3.44. The predicted molar refractivity (Wildman–Crippen MR) is 53.5 cm³/mol. The molecule has 78 valence electrons. The molecule has 0 saturated carbocycles. The van der Waals surface area contributed by atoms with Crippen molar-refractivity contribution < 1.29 is 9.90 Å². The molecule has 0 aromatic heterocycles. The minimum absolute atomic E-state index is 0.118. The number of piperidine rings is 1. The molecule has 1 amide bonds. The molecule has 13 heavy (non-hydrogen) atoms. The largest absolute Gasteiger partial charge is 0.393 e. The molecule has 1 aliphatic rings. The van der Waals surface area contributed by atoms with Gasteiger partial charge >= 0.3 is 0 Å². The van der Waals surface area contributed by atoms with E-state index < -0.39 is 0 Å². The number of carbonyl (C=O) groups excluding carboxylic acids is 1. The second-order valence-corrected chi connectivity index (χ2v) is 3.44. The highest BCUT2D eigenvalue weighted by Crippen LogP contribution is 2.09. The Bertz CT molecular complexity index is 140. The minimum atomic E-state index is -0.185. The Balaban J connectivity index is 0.000000424. The zero-order valence-electron chi connectivity index (χ0n) is 8.92. The molecule has 1 heterocycles. The first-order valence-corrected chi connectivity index (χ1v) is 5.05. The first-order valence-electron chi connectivity index (χ1n) is 5.05. The molecule has 0 radical (unpaired) electrons. The van der Waals surface area contributed by atoms with Gasteiger partial charge in [-0.1, -0.05) is 20.3 Å². The maximum Gasteiger partial charge on any atom is 0.219 e. The van der Waals surface area contributed by atoms with Gasteiger partial charge in [0.2, 0.25) is 5.91 Å². The van der Waals surface area contributed by atoms with Crippen molar-refractivity contribution in [1.29, 1.82) is 0 Å². The number of nitrogens with zero attached hydrogens (tertiary/aromatic N) is 1. The minimum Gasteiger partial charge on any atom is -0.393 e. The maximum atomic E-state index is 10.7. The predicted octanol–water partition coefficient (Wildman–Crippen LogP) is 1.41. The fourth-order valence-electron chi connectivity index (χ4n) is 1.18. The molecule has 0 unspecified atom stereocenters. The summed E-state index contributed by atoms with van der Waals surface area (Å²) in [7, 11) is 0. The monoisotopic (exact) mass is 187 g/mol. The molecule has 1 fully saturated rings. The van der Waals surface area contributed by atoms with E-state index in [9.17, 15) is 4.79 Å². The molecule has 1 aliphatic heterocycles. The molecule has 0 atom stereocenters. The van der Waals surface area contributed by atoms with Crippen molar-refractivity contribution in [3.05, 3.63) is 0 Å². The average molecular weight is 187 g/mol. The Labute approximate surface area is 80.7 Å². The molecule has 0 aliphatic carbocycles. The summed E-state index contributed by atoms with van der Waals surface area (Å²) in [4.78, 5) is 12.5. The van der Waals surface area contributed by atoms with Crippen LogP contribution in [0.15, 0.2) is 0 Å². The van der Waals surface area contributed by atoms with E-state index in [0.717, 1.165) is 25.9 Å². The molecule has 0 spiro atoms. The molecule has 0 aromatic carbocycles. The molecule has 1 saturated heterocycles. The van der Waals surface area contributed by atoms with Crippen molar-refractivity contribution in [3.8, 4) is 0 Å². The van der Waals surface area contributed by atoms with Crippen LogP contribution in [0.5, 0.6) is 0 Å². The van der Waals surface area contributed by atoms with Gasteiger partial charge in [0, 0.05) is 20.0 Å². The lowest BCUT2D eigenvalue weighted by molar-refractivity contribution is -0.130. The van der Waals surface area contributed by atoms with Gasteiger partial charge in [0.15, 0.2) is 0 Å². The fraction of sp³-hybridized carbons (Fsp3) is 0.900. The van der Waals surface area contributed by atoms with Gasteiger partial charge in [-0.15, -0.1) is 0 Å². The zero-order valence-corrected chi connectivity index (χ0v) is 8.92. The van der Waals surface area contributed by atoms with E-state index in [-0.39, 0.29) is 12.0 Å². The molecule has 0 aromatic rings. The summed E-state index contributed by atoms with van der Waals surface area (Å²) in [5, 5.41) is 9.07. The van der Waals surface area contributed by atoms with Gasteiger partial charge in [0.25, 0.3) is 0 Å². The summed E-state index contributed by atoms with van der Waals surface area (Å²) in [6.07, 6.45) is 2.54. The summed E-state index contributed by atoms with van der Waals surface area (Å²) in [5.41, 5.74) is 0. The van der Waals surface area contributed by atoms with Crippen LogP contribution in [0.1, 0.15) is 40.0 Å². The van der Waals surface area contributed by atoms with Gasteiger partial charge in [0.05, 0.1) is 6.10 Å². The molecule has 1 rings (SSSR count). The Morgan fingerprint density at radius 2 is 1.77 bits per heavy atom. The fourth-order valence-corrected chi connectivity index (χ4v) is 1.18. The molecule has 3 nitrogen and oxygen atoms in total. The van der Waals surface area contributed by atoms with E-state index in [4.69, 9.17) is 5.11 Å². The quantitative estimate of drug-likeness (QED) is 0.623. The van der Waals surface area contributed by atoms with Gasteiger partial charge in [-0.3, -0.25) is 4.79 Å². The normalized spacial score (nSPS) is 17.7. The number of rotatable bonds is 0. The molecule has 1 N–H and O–H groups in total. The maximum absolute atomic E-state index is 10.7. The average Bonchev–Trinajstić information content (AvgIpc) is 2.06. The van der Waals surface area contributed by atoms with Crippen LogP contribution < -0.4 is 0 Å². The van der Waals surface area contributed by atoms with E-state index >= 15 is 0 Å². The van der Waals surface area contributed by atoms with Crippen molar-refractivity contribution >= 4 is 5.91 Å². The van der Waals surface area contributed by atoms with E-state index in [2.05, 4.69) is 13.8 Å². The third-order valence-corrected chi connectivity index (χ3v) is 1.91. The zero-order chi connectivity index (χ0) is 10.3. The summed E-state index contributed by atoms with van der Waals surface area (Å²) in [5.74, 6) is 0.118. The summed E-state index contributed by atoms with van der Waals surface area (Å²) >= 11 is 0. The van der Waals surface area contributed by atoms with Gasteiger partial charge < -0.3 is 10.0 Å². The molecule has 3 heteroatoms. The highest BCUT2D eigenvalue weighted by Gasteiger charge is 2.17. The van der Waals surface area contributed by atoms with Gasteiger partial charge in [0.1, 0.15) is 0 Å². The van der Waals surface area contributed by atoms with Crippen LogP contribution in [0.4, 0.5) is 0 Å². The van der Waals surface area contributed by atoms with Crippen LogP contribution in [-0.2, 0) is 4.79 Å². The lowest BCUT2D eigenvalue weighted by Crippen LogP contribution is -2.38. The third-order valence-electron chi connectivity index (χ3n) is 1.91. The number of likely N-dealkylation sites (tertiary alicyclic amines) is 1. The van der Waals surface area contributed by atoms with Crippen LogP contribution >= 0.6 is 0 Å². The number of amides is 1. The summed E-state index contributed by atoms with van der Waals surface area (Å²) in [6, 6.07) is 0. The molecular formula is C10H21NO2. The summed E-state index contributed by atoms with van der Waals surface area (Å²) < 4.78 is 0. The highest BCUT2D eigenvalue weighted by molar-refractivity contribution is 5.73. The van der Waals surface area contributed by atoms with E-state index in [1.165, 1.54) is 6.42 Å². The third kappa shape index (κ3) is 5.64. The topological polar surface area (TPSA) is 40.5 Å². The standard InChI is InChI=1S/C7H13NO2.C3H8/c1-6(9)8-4-2-7(10)3-5-8;1-3-2/h7,10H,2-5H2,1H3;3H2,1-2H3. The second kappa shape index (κ2) is 6.89.